The van der Waals surface area contributed by atoms with Gasteiger partial charge in [0.2, 0.25) is 5.13 Å². The number of nitriles is 1. The van der Waals surface area contributed by atoms with Crippen LogP contribution in [-0.4, -0.2) is 20.8 Å². The molecule has 0 radical (unpaired) electrons. The minimum Gasteiger partial charge on any atom is -0.236 e. The first-order chi connectivity index (χ1) is 12.3. The molecule has 1 aliphatic carbocycles. The van der Waals surface area contributed by atoms with Crippen molar-refractivity contribution in [1.82, 2.24) is 9.78 Å². The molecule has 1 fully saturated rings. The van der Waals surface area contributed by atoms with Crippen LogP contribution in [0.2, 0.25) is 10.0 Å². The molecule has 0 amide bonds. The van der Waals surface area contributed by atoms with E-state index in [2.05, 4.69) is 5.10 Å². The first-order valence-corrected chi connectivity index (χ1v) is 8.25. The van der Waals surface area contributed by atoms with Crippen molar-refractivity contribution in [3.63, 3.8) is 0 Å². The van der Waals surface area contributed by atoms with Gasteiger partial charge in [-0.05, 0) is 12.1 Å². The monoisotopic (exact) mass is 447 g/mol. The SMILES string of the molecule is N#Cc1nn(-c2c(Cl)cc(C(F)(F)F)cc2Cl)cc1C1CC(F)(Cl)C1(F)F. The zero-order chi connectivity index (χ0) is 20.4. The van der Waals surface area contributed by atoms with Crippen LogP contribution in [0.5, 0.6) is 0 Å². The summed E-state index contributed by atoms with van der Waals surface area (Å²) in [4.78, 5) is 0. The number of alkyl halides is 7. The third-order valence-corrected chi connectivity index (χ3v) is 5.17. The predicted molar refractivity (Wildman–Crippen MR) is 85.3 cm³/mol. The molecule has 144 valence electrons. The molecule has 1 aromatic heterocycles. The van der Waals surface area contributed by atoms with Gasteiger partial charge in [0, 0.05) is 18.2 Å². The van der Waals surface area contributed by atoms with E-state index in [0.29, 0.717) is 12.1 Å². The van der Waals surface area contributed by atoms with E-state index in [9.17, 15) is 26.3 Å². The van der Waals surface area contributed by atoms with Crippen molar-refractivity contribution in [2.45, 2.75) is 29.6 Å². The molecule has 0 N–H and O–H groups in total. The zero-order valence-electron chi connectivity index (χ0n) is 12.8. The van der Waals surface area contributed by atoms with E-state index < -0.39 is 50.9 Å². The Kier molecular flexibility index (Phi) is 4.61. The van der Waals surface area contributed by atoms with Crippen molar-refractivity contribution in [2.75, 3.05) is 0 Å². The number of aromatic nitrogens is 2. The van der Waals surface area contributed by atoms with Crippen LogP contribution in [-0.2, 0) is 6.18 Å². The maximum atomic E-state index is 13.9. The lowest BCUT2D eigenvalue weighted by atomic mass is 9.74. The largest absolute Gasteiger partial charge is 0.416 e. The number of rotatable bonds is 2. The molecular formula is C15H6Cl3F6N3. The first-order valence-electron chi connectivity index (χ1n) is 7.11. The van der Waals surface area contributed by atoms with Gasteiger partial charge < -0.3 is 0 Å². The maximum Gasteiger partial charge on any atom is 0.416 e. The smallest absolute Gasteiger partial charge is 0.236 e. The van der Waals surface area contributed by atoms with Crippen LogP contribution in [0.25, 0.3) is 5.69 Å². The highest BCUT2D eigenvalue weighted by Gasteiger charge is 2.70. The van der Waals surface area contributed by atoms with Gasteiger partial charge in [-0.2, -0.15) is 23.5 Å². The summed E-state index contributed by atoms with van der Waals surface area (Å²) in [6.07, 6.45) is -4.53. The van der Waals surface area contributed by atoms with Gasteiger partial charge in [0.25, 0.3) is 0 Å². The normalized spacial score (nSPS) is 24.4. The Morgan fingerprint density at radius 3 is 2.15 bits per heavy atom. The summed E-state index contributed by atoms with van der Waals surface area (Å²) in [5, 5.41) is 8.67. The average molecular weight is 449 g/mol. The molecule has 3 rings (SSSR count). The van der Waals surface area contributed by atoms with Gasteiger partial charge in [-0.3, -0.25) is 0 Å². The van der Waals surface area contributed by atoms with E-state index in [4.69, 9.17) is 40.1 Å². The quantitative estimate of drug-likeness (QED) is 0.412. The van der Waals surface area contributed by atoms with Crippen LogP contribution in [0.15, 0.2) is 18.3 Å². The number of halogens is 9. The third kappa shape index (κ3) is 3.13. The molecule has 0 bridgehead atoms. The molecule has 1 saturated carbocycles. The van der Waals surface area contributed by atoms with Crippen LogP contribution >= 0.6 is 34.8 Å². The molecule has 27 heavy (non-hydrogen) atoms. The summed E-state index contributed by atoms with van der Waals surface area (Å²) in [5.74, 6) is -5.68. The van der Waals surface area contributed by atoms with Gasteiger partial charge in [0.05, 0.1) is 21.5 Å². The van der Waals surface area contributed by atoms with Crippen molar-refractivity contribution in [3.8, 4) is 11.8 Å². The summed E-state index contributed by atoms with van der Waals surface area (Å²) in [5.41, 5.74) is -2.15. The third-order valence-electron chi connectivity index (χ3n) is 4.18. The molecule has 2 atom stereocenters. The van der Waals surface area contributed by atoms with E-state index in [1.807, 2.05) is 0 Å². The first kappa shape index (κ1) is 20.1. The Labute approximate surface area is 163 Å². The van der Waals surface area contributed by atoms with Crippen LogP contribution in [0.3, 0.4) is 0 Å². The number of nitrogens with zero attached hydrogens (tertiary/aromatic N) is 3. The minimum atomic E-state index is -4.71. The molecule has 0 aliphatic heterocycles. The summed E-state index contributed by atoms with van der Waals surface area (Å²) in [7, 11) is 0. The minimum absolute atomic E-state index is 0.242. The summed E-state index contributed by atoms with van der Waals surface area (Å²) < 4.78 is 80.6. The Morgan fingerprint density at radius 1 is 1.19 bits per heavy atom. The number of hydrogen-bond acceptors (Lipinski definition) is 2. The van der Waals surface area contributed by atoms with Crippen molar-refractivity contribution in [1.29, 1.82) is 5.26 Å². The highest BCUT2D eigenvalue weighted by molar-refractivity contribution is 6.37. The second-order valence-corrected chi connectivity index (χ2v) is 7.27. The second kappa shape index (κ2) is 6.19. The van der Waals surface area contributed by atoms with Gasteiger partial charge in [-0.15, -0.1) is 0 Å². The molecule has 1 heterocycles. The Bertz CT molecular complexity index is 938. The summed E-state index contributed by atoms with van der Waals surface area (Å²) in [6, 6.07) is 2.74. The molecular weight excluding hydrogens is 443 g/mol. The molecule has 0 spiro atoms. The van der Waals surface area contributed by atoms with Crippen molar-refractivity contribution in [3.05, 3.63) is 45.2 Å². The van der Waals surface area contributed by atoms with Crippen LogP contribution in [0.1, 0.15) is 29.2 Å². The highest BCUT2D eigenvalue weighted by atomic mass is 35.5. The lowest BCUT2D eigenvalue weighted by molar-refractivity contribution is -0.186. The molecule has 3 nitrogen and oxygen atoms in total. The zero-order valence-corrected chi connectivity index (χ0v) is 15.0. The standard InChI is InChI=1S/C15H6Cl3F6N3/c16-9-1-6(15(22,23)24)2-10(17)12(9)27-5-7(11(4-25)26-27)8-3-13(18,19)14(8,20)21/h1-2,5,8H,3H2. The van der Waals surface area contributed by atoms with Crippen LogP contribution < -0.4 is 0 Å². The fourth-order valence-corrected chi connectivity index (χ4v) is 3.69. The fourth-order valence-electron chi connectivity index (χ4n) is 2.74. The van der Waals surface area contributed by atoms with Crippen molar-refractivity contribution in [2.24, 2.45) is 0 Å². The Balaban J connectivity index is 2.09. The summed E-state index contributed by atoms with van der Waals surface area (Å²) in [6.45, 7) is 0. The van der Waals surface area contributed by atoms with Gasteiger partial charge >= 0.3 is 12.1 Å². The number of hydrogen-bond donors (Lipinski definition) is 0. The van der Waals surface area contributed by atoms with E-state index in [1.54, 1.807) is 6.07 Å². The van der Waals surface area contributed by atoms with Crippen LogP contribution in [0.4, 0.5) is 26.3 Å². The fraction of sp³-hybridized carbons (Fsp3) is 0.333. The number of benzene rings is 1. The second-order valence-electron chi connectivity index (χ2n) is 5.86. The van der Waals surface area contributed by atoms with Gasteiger partial charge in [-0.1, -0.05) is 34.8 Å². The van der Waals surface area contributed by atoms with E-state index in [-0.39, 0.29) is 11.3 Å². The molecule has 0 saturated heterocycles. The topological polar surface area (TPSA) is 41.6 Å². The molecule has 2 aromatic rings. The lowest BCUT2D eigenvalue weighted by Gasteiger charge is -2.44. The van der Waals surface area contributed by atoms with Gasteiger partial charge in [-0.25, -0.2) is 17.9 Å². The lowest BCUT2D eigenvalue weighted by Crippen LogP contribution is -2.56. The van der Waals surface area contributed by atoms with E-state index >= 15 is 0 Å². The van der Waals surface area contributed by atoms with Crippen LogP contribution in [0, 0.1) is 11.3 Å². The highest BCUT2D eigenvalue weighted by Crippen LogP contribution is 2.61. The van der Waals surface area contributed by atoms with Gasteiger partial charge in [0.15, 0.2) is 5.69 Å². The van der Waals surface area contributed by atoms with Crippen molar-refractivity contribution >= 4 is 34.8 Å². The van der Waals surface area contributed by atoms with E-state index in [0.717, 1.165) is 10.9 Å². The molecule has 1 aromatic carbocycles. The van der Waals surface area contributed by atoms with Crippen molar-refractivity contribution < 1.29 is 26.3 Å². The molecule has 12 heteroatoms. The van der Waals surface area contributed by atoms with Gasteiger partial charge in [0.1, 0.15) is 11.8 Å². The predicted octanol–water partition coefficient (Wildman–Crippen LogP) is 6.10. The molecule has 1 aliphatic rings. The molecule has 2 unspecified atom stereocenters. The Morgan fingerprint density at radius 2 is 1.74 bits per heavy atom. The van der Waals surface area contributed by atoms with E-state index in [1.165, 1.54) is 0 Å². The maximum absolute atomic E-state index is 13.9. The Hall–Kier alpha value is -1.63. The average Bonchev–Trinajstić information content (AvgIpc) is 2.94. The summed E-state index contributed by atoms with van der Waals surface area (Å²) >= 11 is 16.8.